The van der Waals surface area contributed by atoms with Gasteiger partial charge in [-0.3, -0.25) is 0 Å². The second-order valence-electron chi connectivity index (χ2n) is 31.2. The number of nitrogens with zero attached hydrogens (tertiary/aromatic N) is 3. The van der Waals surface area contributed by atoms with Crippen LogP contribution in [0, 0.1) is 6.92 Å². The van der Waals surface area contributed by atoms with Crippen molar-refractivity contribution in [2.45, 2.75) is 181 Å². The van der Waals surface area contributed by atoms with E-state index < -0.39 is 0 Å². The lowest BCUT2D eigenvalue weighted by Gasteiger charge is -2.48. The van der Waals surface area contributed by atoms with Gasteiger partial charge in [-0.25, -0.2) is 0 Å². The second kappa shape index (κ2) is 18.1. The number of benzene rings is 9. The predicted octanol–water partition coefficient (Wildman–Crippen LogP) is 20.9. The summed E-state index contributed by atoms with van der Waals surface area (Å²) in [5.41, 5.74) is 30.4. The minimum atomic E-state index is -0.208. The van der Waals surface area contributed by atoms with Crippen LogP contribution in [0.25, 0.3) is 33.0 Å². The molecule has 0 unspecified atom stereocenters. The number of aryl methyl sites for hydroxylation is 1. The van der Waals surface area contributed by atoms with Crippen LogP contribution in [0.4, 0.5) is 45.5 Å². The molecule has 0 fully saturated rings. The second-order valence-corrected chi connectivity index (χ2v) is 31.2. The highest BCUT2D eigenvalue weighted by atomic mass is 15.2. The first-order chi connectivity index (χ1) is 39.6. The van der Waals surface area contributed by atoms with Crippen LogP contribution in [0.3, 0.4) is 0 Å². The van der Waals surface area contributed by atoms with Crippen molar-refractivity contribution < 1.29 is 0 Å². The van der Waals surface area contributed by atoms with Crippen molar-refractivity contribution in [1.29, 1.82) is 0 Å². The molecule has 14 rings (SSSR count). The zero-order chi connectivity index (χ0) is 59.2. The molecule has 424 valence electrons. The van der Waals surface area contributed by atoms with Crippen LogP contribution < -0.4 is 25.5 Å². The summed E-state index contributed by atoms with van der Waals surface area (Å²) in [4.78, 5) is 8.05. The largest absolute Gasteiger partial charge is 0.376 e. The highest BCUT2D eigenvalue weighted by Crippen LogP contribution is 2.60. The first-order valence-electron chi connectivity index (χ1n) is 31.5. The Morgan fingerprint density at radius 1 is 0.417 bits per heavy atom. The zero-order valence-corrected chi connectivity index (χ0v) is 53.3. The molecule has 0 amide bonds. The lowest BCUT2D eigenvalue weighted by molar-refractivity contribution is 0.332. The van der Waals surface area contributed by atoms with Crippen LogP contribution in [-0.2, 0) is 37.9 Å². The van der Waals surface area contributed by atoms with Gasteiger partial charge >= 0.3 is 6.85 Å². The Morgan fingerprint density at radius 3 is 1.56 bits per heavy atom. The van der Waals surface area contributed by atoms with E-state index in [1.165, 1.54) is 135 Å². The molecule has 4 heteroatoms. The van der Waals surface area contributed by atoms with Gasteiger partial charge in [-0.15, -0.1) is 0 Å². The van der Waals surface area contributed by atoms with Gasteiger partial charge in [0, 0.05) is 56.5 Å². The SMILES string of the molecule is Cc1cc2c(cc1N1c3ccc(N(c4ccc(C(C)(C)C)cc4)c4ccc(C(C)(C)C)cc4)cc3B3c4c1cc1ccccc1c4-c1c(ccc4c1-c1ccccc1C4(C)C)N3c1ccc3c(c1)C(C)(C)CCC3(C)C)C(C)(C)CCC2(C)C. The van der Waals surface area contributed by atoms with E-state index >= 15 is 0 Å². The standard InChI is InChI=1S/C80H86BN3/c1-49-44-62-64(79(14,15)43-42-77(62,10)11)48-68(49)83-66-38-35-55(82(53-30-26-51(27-31-53)74(2,3)4)54-32-28-52(29-33-54)75(5,6)7)47-65(66)81-73-69(83)45-50-22-18-19-23-57(50)71(73)72-67(39-37-61-70(72)58-24-20-21-25-59(58)80(61,16)17)84(81)56-34-36-60-63(46-56)78(12,13)41-40-76(60,8)9/h18-39,44-48H,40-43H2,1-17H3. The smallest absolute Gasteiger partial charge is 0.333 e. The van der Waals surface area contributed by atoms with Gasteiger partial charge in [0.1, 0.15) is 0 Å². The number of fused-ring (bicyclic) bond motifs is 12. The van der Waals surface area contributed by atoms with Gasteiger partial charge in [0.25, 0.3) is 0 Å². The average Bonchev–Trinajstić information content (AvgIpc) is 1.14. The summed E-state index contributed by atoms with van der Waals surface area (Å²) in [5.74, 6) is 0. The molecule has 2 aliphatic heterocycles. The molecule has 0 aromatic heterocycles. The number of anilines is 8. The van der Waals surface area contributed by atoms with Crippen LogP contribution in [0.1, 0.15) is 187 Å². The van der Waals surface area contributed by atoms with Crippen molar-refractivity contribution in [1.82, 2.24) is 0 Å². The molecule has 0 spiro atoms. The molecule has 0 saturated carbocycles. The molecule has 2 heterocycles. The van der Waals surface area contributed by atoms with Crippen molar-refractivity contribution in [3.63, 3.8) is 0 Å². The van der Waals surface area contributed by atoms with Crippen molar-refractivity contribution in [3.05, 3.63) is 214 Å². The summed E-state index contributed by atoms with van der Waals surface area (Å²) < 4.78 is 0. The van der Waals surface area contributed by atoms with Crippen LogP contribution >= 0.6 is 0 Å². The fourth-order valence-corrected chi connectivity index (χ4v) is 16.0. The summed E-state index contributed by atoms with van der Waals surface area (Å²) in [5, 5.41) is 2.56. The molecule has 0 radical (unpaired) electrons. The summed E-state index contributed by atoms with van der Waals surface area (Å²) in [6.07, 6.45) is 4.64. The van der Waals surface area contributed by atoms with E-state index in [1.54, 1.807) is 0 Å². The summed E-state index contributed by atoms with van der Waals surface area (Å²) in [6.45, 7) is 40.7. The maximum Gasteiger partial charge on any atom is 0.333 e. The molecular formula is C80H86BN3. The quantitative estimate of drug-likeness (QED) is 0.159. The average molecular weight is 1100 g/mol. The molecular weight excluding hydrogens is 1010 g/mol. The van der Waals surface area contributed by atoms with E-state index in [4.69, 9.17) is 0 Å². The molecule has 5 aliphatic rings. The molecule has 0 N–H and O–H groups in total. The first-order valence-corrected chi connectivity index (χ1v) is 31.5. The van der Waals surface area contributed by atoms with Crippen molar-refractivity contribution in [2.24, 2.45) is 0 Å². The maximum atomic E-state index is 2.81. The molecule has 3 aliphatic carbocycles. The van der Waals surface area contributed by atoms with Crippen LogP contribution in [0.15, 0.2) is 164 Å². The van der Waals surface area contributed by atoms with Gasteiger partial charge in [0.15, 0.2) is 0 Å². The Balaban J connectivity index is 1.13. The third kappa shape index (κ3) is 8.11. The van der Waals surface area contributed by atoms with E-state index in [0.717, 1.165) is 29.9 Å². The van der Waals surface area contributed by atoms with E-state index in [2.05, 4.69) is 296 Å². The molecule has 0 saturated heterocycles. The van der Waals surface area contributed by atoms with Crippen molar-refractivity contribution >= 4 is 74.0 Å². The third-order valence-electron chi connectivity index (χ3n) is 21.4. The van der Waals surface area contributed by atoms with E-state index in [-0.39, 0.29) is 44.8 Å². The van der Waals surface area contributed by atoms with Crippen LogP contribution in [0.2, 0.25) is 0 Å². The van der Waals surface area contributed by atoms with Gasteiger partial charge in [0.2, 0.25) is 0 Å². The van der Waals surface area contributed by atoms with Gasteiger partial charge in [0.05, 0.1) is 0 Å². The topological polar surface area (TPSA) is 9.72 Å². The van der Waals surface area contributed by atoms with Gasteiger partial charge in [-0.2, -0.15) is 0 Å². The summed E-state index contributed by atoms with van der Waals surface area (Å²) in [6, 6.07) is 65.3. The number of hydrogen-bond donors (Lipinski definition) is 0. The Bertz CT molecular complexity index is 4150. The zero-order valence-electron chi connectivity index (χ0n) is 53.3. The Hall–Kier alpha value is -7.30. The van der Waals surface area contributed by atoms with Crippen LogP contribution in [0.5, 0.6) is 0 Å². The Kier molecular flexibility index (Phi) is 11.8. The van der Waals surface area contributed by atoms with E-state index in [1.807, 2.05) is 0 Å². The van der Waals surface area contributed by atoms with Crippen LogP contribution in [-0.4, -0.2) is 6.85 Å². The van der Waals surface area contributed by atoms with Crippen molar-refractivity contribution in [3.8, 4) is 22.3 Å². The van der Waals surface area contributed by atoms with Gasteiger partial charge in [-0.1, -0.05) is 202 Å². The molecule has 0 bridgehead atoms. The van der Waals surface area contributed by atoms with Crippen molar-refractivity contribution in [2.75, 3.05) is 14.6 Å². The van der Waals surface area contributed by atoms with E-state index in [0.29, 0.717) is 0 Å². The van der Waals surface area contributed by atoms with E-state index in [9.17, 15) is 0 Å². The normalized spacial score (nSPS) is 18.0. The molecule has 9 aromatic carbocycles. The minimum absolute atomic E-state index is 0.00594. The minimum Gasteiger partial charge on any atom is -0.376 e. The lowest BCUT2D eigenvalue weighted by Crippen LogP contribution is -2.62. The number of rotatable bonds is 5. The Labute approximate surface area is 503 Å². The fraction of sp³-hybridized carbons (Fsp3) is 0.350. The lowest BCUT2D eigenvalue weighted by atomic mass is 9.43. The molecule has 0 atom stereocenters. The maximum absolute atomic E-state index is 2.81. The Morgan fingerprint density at radius 2 is 0.940 bits per heavy atom. The third-order valence-corrected chi connectivity index (χ3v) is 21.4. The van der Waals surface area contributed by atoms with Gasteiger partial charge < -0.3 is 14.6 Å². The molecule has 3 nitrogen and oxygen atoms in total. The molecule has 84 heavy (non-hydrogen) atoms. The van der Waals surface area contributed by atoms with Gasteiger partial charge in [-0.05, 0) is 226 Å². The first kappa shape index (κ1) is 54.6. The summed E-state index contributed by atoms with van der Waals surface area (Å²) in [7, 11) is 0. The number of hydrogen-bond acceptors (Lipinski definition) is 3. The highest BCUT2D eigenvalue weighted by Gasteiger charge is 2.50. The summed E-state index contributed by atoms with van der Waals surface area (Å²) >= 11 is 0. The molecule has 9 aromatic rings. The highest BCUT2D eigenvalue weighted by molar-refractivity contribution is 6.94. The fourth-order valence-electron chi connectivity index (χ4n) is 16.0. The monoisotopic (exact) mass is 1100 g/mol. The predicted molar refractivity (Wildman–Crippen MR) is 363 cm³/mol.